The Hall–Kier alpha value is -1.80. The van der Waals surface area contributed by atoms with Crippen LogP contribution in [-0.4, -0.2) is 9.55 Å². The second kappa shape index (κ2) is 5.68. The van der Waals surface area contributed by atoms with E-state index in [4.69, 9.17) is 11.6 Å². The van der Waals surface area contributed by atoms with Gasteiger partial charge in [-0.15, -0.1) is 0 Å². The number of hydrogen-bond acceptors (Lipinski definition) is 1. The van der Waals surface area contributed by atoms with Crippen molar-refractivity contribution in [3.63, 3.8) is 0 Å². The molecule has 0 unspecified atom stereocenters. The fourth-order valence-electron chi connectivity index (χ4n) is 2.58. The van der Waals surface area contributed by atoms with E-state index in [9.17, 15) is 0 Å². The van der Waals surface area contributed by atoms with Gasteiger partial charge in [-0.05, 0) is 36.2 Å². The van der Waals surface area contributed by atoms with Crippen molar-refractivity contribution >= 4 is 22.6 Å². The fraction of sp³-hybridized carbons (Fsp3) is 0.235. The highest BCUT2D eigenvalue weighted by Crippen LogP contribution is 2.23. The van der Waals surface area contributed by atoms with Gasteiger partial charge in [0.05, 0.1) is 6.54 Å². The van der Waals surface area contributed by atoms with E-state index in [-0.39, 0.29) is 0 Å². The van der Waals surface area contributed by atoms with Gasteiger partial charge in [0, 0.05) is 22.3 Å². The minimum absolute atomic E-state index is 0.773. The topological polar surface area (TPSA) is 17.8 Å². The predicted molar refractivity (Wildman–Crippen MR) is 84.3 cm³/mol. The summed E-state index contributed by atoms with van der Waals surface area (Å²) in [6, 6.07) is 14.3. The molecule has 0 aliphatic carbocycles. The molecule has 0 amide bonds. The van der Waals surface area contributed by atoms with Crippen LogP contribution in [0.1, 0.15) is 24.6 Å². The molecule has 2 aromatic heterocycles. The summed E-state index contributed by atoms with van der Waals surface area (Å²) in [5.41, 5.74) is 3.49. The Bertz CT molecular complexity index is 731. The maximum atomic E-state index is 6.29. The largest absolute Gasteiger partial charge is 0.325 e. The van der Waals surface area contributed by atoms with Crippen molar-refractivity contribution in [1.29, 1.82) is 0 Å². The van der Waals surface area contributed by atoms with Crippen LogP contribution in [0.3, 0.4) is 0 Å². The summed E-state index contributed by atoms with van der Waals surface area (Å²) >= 11 is 6.29. The Morgan fingerprint density at radius 3 is 2.80 bits per heavy atom. The van der Waals surface area contributed by atoms with Crippen molar-refractivity contribution in [3.8, 4) is 0 Å². The van der Waals surface area contributed by atoms with E-state index in [1.54, 1.807) is 0 Å². The maximum Gasteiger partial charge on any atom is 0.140 e. The lowest BCUT2D eigenvalue weighted by molar-refractivity contribution is 0.740. The molecule has 102 valence electrons. The van der Waals surface area contributed by atoms with Crippen LogP contribution in [0.4, 0.5) is 0 Å². The molecule has 0 N–H and O–H groups in total. The minimum Gasteiger partial charge on any atom is -0.325 e. The average Bonchev–Trinajstić information content (AvgIpc) is 2.80. The normalized spacial score (nSPS) is 11.1. The lowest BCUT2D eigenvalue weighted by Gasteiger charge is -2.11. The molecule has 2 nitrogen and oxygen atoms in total. The number of aromatic nitrogens is 2. The number of pyridine rings is 1. The van der Waals surface area contributed by atoms with Gasteiger partial charge < -0.3 is 4.57 Å². The molecule has 0 fully saturated rings. The summed E-state index contributed by atoms with van der Waals surface area (Å²) in [5.74, 6) is 0. The zero-order valence-electron chi connectivity index (χ0n) is 11.5. The van der Waals surface area contributed by atoms with Gasteiger partial charge in [0.15, 0.2) is 0 Å². The molecule has 3 aromatic rings. The molecule has 3 rings (SSSR count). The first kappa shape index (κ1) is 13.2. The molecule has 0 saturated carbocycles. The molecular weight excluding hydrogens is 268 g/mol. The van der Waals surface area contributed by atoms with Crippen LogP contribution in [0.5, 0.6) is 0 Å². The average molecular weight is 285 g/mol. The van der Waals surface area contributed by atoms with E-state index in [1.165, 1.54) is 11.1 Å². The number of benzene rings is 1. The second-order valence-corrected chi connectivity index (χ2v) is 5.39. The molecule has 20 heavy (non-hydrogen) atoms. The maximum absolute atomic E-state index is 6.29. The van der Waals surface area contributed by atoms with Crippen molar-refractivity contribution < 1.29 is 0 Å². The monoisotopic (exact) mass is 284 g/mol. The van der Waals surface area contributed by atoms with Crippen molar-refractivity contribution in [3.05, 3.63) is 64.9 Å². The van der Waals surface area contributed by atoms with Crippen molar-refractivity contribution in [2.45, 2.75) is 26.3 Å². The number of hydrogen-bond donors (Lipinski definition) is 0. The van der Waals surface area contributed by atoms with Crippen molar-refractivity contribution in [1.82, 2.24) is 9.55 Å². The van der Waals surface area contributed by atoms with Crippen LogP contribution in [0.25, 0.3) is 11.0 Å². The zero-order chi connectivity index (χ0) is 13.9. The summed E-state index contributed by atoms with van der Waals surface area (Å²) in [7, 11) is 0. The fourth-order valence-corrected chi connectivity index (χ4v) is 2.77. The first-order valence-electron chi connectivity index (χ1n) is 6.96. The molecule has 0 saturated heterocycles. The lowest BCUT2D eigenvalue weighted by atomic mass is 10.2. The Labute approximate surface area is 124 Å². The van der Waals surface area contributed by atoms with E-state index >= 15 is 0 Å². The third kappa shape index (κ3) is 2.44. The molecule has 0 radical (unpaired) electrons. The van der Waals surface area contributed by atoms with Crippen molar-refractivity contribution in [2.75, 3.05) is 0 Å². The van der Waals surface area contributed by atoms with Gasteiger partial charge in [-0.1, -0.05) is 43.1 Å². The molecule has 0 aliphatic heterocycles. The number of halogens is 1. The lowest BCUT2D eigenvalue weighted by Crippen LogP contribution is -2.05. The summed E-state index contributed by atoms with van der Waals surface area (Å²) in [4.78, 5) is 4.53. The smallest absolute Gasteiger partial charge is 0.140 e. The van der Waals surface area contributed by atoms with Gasteiger partial charge >= 0.3 is 0 Å². The summed E-state index contributed by atoms with van der Waals surface area (Å²) in [6.45, 7) is 2.97. The van der Waals surface area contributed by atoms with Crippen molar-refractivity contribution in [2.24, 2.45) is 0 Å². The van der Waals surface area contributed by atoms with E-state index in [0.29, 0.717) is 0 Å². The predicted octanol–water partition coefficient (Wildman–Crippen LogP) is 4.69. The second-order valence-electron chi connectivity index (χ2n) is 4.98. The van der Waals surface area contributed by atoms with Crippen LogP contribution < -0.4 is 0 Å². The van der Waals surface area contributed by atoms with E-state index < -0.39 is 0 Å². The SMILES string of the molecule is CCCc1cc2cccnc2n1Cc1ccccc1Cl. The molecule has 3 heteroatoms. The first-order valence-corrected chi connectivity index (χ1v) is 7.34. The van der Waals surface area contributed by atoms with Gasteiger partial charge in [0.2, 0.25) is 0 Å². The molecule has 1 aromatic carbocycles. The standard InChI is InChI=1S/C17H17ClN2/c1-2-6-15-11-13-8-5-10-19-17(13)20(15)12-14-7-3-4-9-16(14)18/h3-5,7-11H,2,6,12H2,1H3. The Morgan fingerprint density at radius 1 is 1.15 bits per heavy atom. The van der Waals surface area contributed by atoms with E-state index in [0.717, 1.165) is 35.6 Å². The van der Waals surface area contributed by atoms with Crippen LogP contribution >= 0.6 is 11.6 Å². The highest BCUT2D eigenvalue weighted by molar-refractivity contribution is 6.31. The van der Waals surface area contributed by atoms with Crippen LogP contribution in [0.2, 0.25) is 5.02 Å². The molecule has 0 atom stereocenters. The summed E-state index contributed by atoms with van der Waals surface area (Å²) < 4.78 is 2.28. The minimum atomic E-state index is 0.773. The Morgan fingerprint density at radius 2 is 2.00 bits per heavy atom. The zero-order valence-corrected chi connectivity index (χ0v) is 12.3. The van der Waals surface area contributed by atoms with Gasteiger partial charge in [0.25, 0.3) is 0 Å². The van der Waals surface area contributed by atoms with E-state index in [2.05, 4.69) is 34.7 Å². The molecule has 0 spiro atoms. The number of aryl methyl sites for hydroxylation is 1. The number of fused-ring (bicyclic) bond motifs is 1. The molecular formula is C17H17ClN2. The number of nitrogens with zero attached hydrogens (tertiary/aromatic N) is 2. The highest BCUT2D eigenvalue weighted by Gasteiger charge is 2.10. The molecule has 0 aliphatic rings. The van der Waals surface area contributed by atoms with Crippen LogP contribution in [0.15, 0.2) is 48.7 Å². The quantitative estimate of drug-likeness (QED) is 0.679. The molecule has 2 heterocycles. The highest BCUT2D eigenvalue weighted by atomic mass is 35.5. The Kier molecular flexibility index (Phi) is 3.75. The van der Waals surface area contributed by atoms with Gasteiger partial charge in [0.1, 0.15) is 5.65 Å². The third-order valence-electron chi connectivity index (χ3n) is 3.53. The van der Waals surface area contributed by atoms with E-state index in [1.807, 2.05) is 30.5 Å². The van der Waals surface area contributed by atoms with Crippen LogP contribution in [0, 0.1) is 0 Å². The van der Waals surface area contributed by atoms with Gasteiger partial charge in [-0.3, -0.25) is 0 Å². The summed E-state index contributed by atoms with van der Waals surface area (Å²) in [5, 5.41) is 2.01. The molecule has 0 bridgehead atoms. The summed E-state index contributed by atoms with van der Waals surface area (Å²) in [6.07, 6.45) is 4.03. The Balaban J connectivity index is 2.09. The third-order valence-corrected chi connectivity index (χ3v) is 3.90. The van der Waals surface area contributed by atoms with Gasteiger partial charge in [-0.25, -0.2) is 4.98 Å². The first-order chi connectivity index (χ1) is 9.79. The number of rotatable bonds is 4. The van der Waals surface area contributed by atoms with Gasteiger partial charge in [-0.2, -0.15) is 0 Å². The van der Waals surface area contributed by atoms with Crippen LogP contribution in [-0.2, 0) is 13.0 Å².